The second kappa shape index (κ2) is 3.68. The highest BCUT2D eigenvalue weighted by Gasteiger charge is 2.02. The van der Waals surface area contributed by atoms with Crippen molar-refractivity contribution in [3.63, 3.8) is 0 Å². The van der Waals surface area contributed by atoms with Crippen molar-refractivity contribution in [2.45, 2.75) is 0 Å². The molecule has 0 aliphatic rings. The summed E-state index contributed by atoms with van der Waals surface area (Å²) >= 11 is 2.11. The lowest BCUT2D eigenvalue weighted by Crippen LogP contribution is -2.10. The number of hydrogen-bond donors (Lipinski definition) is 2. The van der Waals surface area contributed by atoms with Gasteiger partial charge in [0, 0.05) is 9.13 Å². The van der Waals surface area contributed by atoms with Crippen molar-refractivity contribution < 1.29 is 4.79 Å². The monoisotopic (exact) mass is 262 g/mol. The maximum absolute atomic E-state index is 10.4. The van der Waals surface area contributed by atoms with Crippen LogP contribution in [0.4, 0.5) is 5.69 Å². The van der Waals surface area contributed by atoms with Crippen LogP contribution >= 0.6 is 22.6 Å². The average Bonchev–Trinajstić information content (AvgIpc) is 2.04. The predicted octanol–water partition coefficient (Wildman–Crippen LogP) is 1.39. The van der Waals surface area contributed by atoms with Crippen LogP contribution in [0.2, 0.25) is 0 Å². The molecule has 0 bridgehead atoms. The third kappa shape index (κ3) is 1.69. The molecule has 1 aromatic rings. The fraction of sp³-hybridized carbons (Fsp3) is 0. The summed E-state index contributed by atoms with van der Waals surface area (Å²) in [6, 6.07) is 5.40. The Morgan fingerprint density at radius 1 is 1.55 bits per heavy atom. The van der Waals surface area contributed by atoms with Gasteiger partial charge in [0.25, 0.3) is 0 Å². The highest BCUT2D eigenvalue weighted by Crippen LogP contribution is 2.19. The first-order valence-corrected chi connectivity index (χ1v) is 4.07. The van der Waals surface area contributed by atoms with Gasteiger partial charge >= 0.3 is 0 Å². The normalized spacial score (nSPS) is 9.27. The van der Waals surface area contributed by atoms with E-state index >= 15 is 0 Å². The van der Waals surface area contributed by atoms with Gasteiger partial charge in [-0.2, -0.15) is 0 Å². The van der Waals surface area contributed by atoms with E-state index in [-0.39, 0.29) is 0 Å². The van der Waals surface area contributed by atoms with E-state index < -0.39 is 0 Å². The standard InChI is InChI=1S/C7H7IN2O/c8-6-3-1-2-5(4-11)7(6)10-9/h1-4,10H,9H2. The van der Waals surface area contributed by atoms with E-state index in [2.05, 4.69) is 28.0 Å². The largest absolute Gasteiger partial charge is 0.322 e. The number of carbonyl (C=O) groups excluding carboxylic acids is 1. The molecule has 58 valence electrons. The summed E-state index contributed by atoms with van der Waals surface area (Å²) in [5.74, 6) is 5.21. The molecular formula is C7H7IN2O. The summed E-state index contributed by atoms with van der Waals surface area (Å²) in [6.07, 6.45) is 0.775. The van der Waals surface area contributed by atoms with Gasteiger partial charge < -0.3 is 5.43 Å². The number of halogens is 1. The number of aldehydes is 1. The van der Waals surface area contributed by atoms with Crippen molar-refractivity contribution in [1.82, 2.24) is 0 Å². The minimum absolute atomic E-state index is 0.583. The van der Waals surface area contributed by atoms with Gasteiger partial charge in [0.15, 0.2) is 6.29 Å². The molecule has 0 aliphatic carbocycles. The third-order valence-corrected chi connectivity index (χ3v) is 2.22. The van der Waals surface area contributed by atoms with E-state index in [4.69, 9.17) is 5.84 Å². The first-order valence-electron chi connectivity index (χ1n) is 3.00. The number of nitrogens with two attached hydrogens (primary N) is 1. The number of hydrazine groups is 1. The molecular weight excluding hydrogens is 255 g/mol. The lowest BCUT2D eigenvalue weighted by molar-refractivity contribution is 0.112. The van der Waals surface area contributed by atoms with Gasteiger partial charge in [0.05, 0.1) is 5.69 Å². The molecule has 0 unspecified atom stereocenters. The summed E-state index contributed by atoms with van der Waals surface area (Å²) in [4.78, 5) is 10.4. The molecule has 0 aliphatic heterocycles. The molecule has 0 aromatic heterocycles. The first kappa shape index (κ1) is 8.48. The van der Waals surface area contributed by atoms with Gasteiger partial charge in [0.2, 0.25) is 0 Å². The van der Waals surface area contributed by atoms with E-state index in [0.29, 0.717) is 11.3 Å². The lowest BCUT2D eigenvalue weighted by atomic mass is 10.2. The zero-order valence-electron chi connectivity index (χ0n) is 5.67. The van der Waals surface area contributed by atoms with Crippen LogP contribution in [0.1, 0.15) is 10.4 Å². The molecule has 0 atom stereocenters. The van der Waals surface area contributed by atoms with Crippen molar-refractivity contribution >= 4 is 34.6 Å². The van der Waals surface area contributed by atoms with Crippen molar-refractivity contribution in [3.8, 4) is 0 Å². The summed E-state index contributed by atoms with van der Waals surface area (Å²) in [7, 11) is 0. The number of para-hydroxylation sites is 1. The Bertz CT molecular complexity index is 275. The number of rotatable bonds is 2. The van der Waals surface area contributed by atoms with E-state index in [1.807, 2.05) is 12.1 Å². The Hall–Kier alpha value is -0.620. The van der Waals surface area contributed by atoms with Crippen molar-refractivity contribution in [3.05, 3.63) is 27.3 Å². The van der Waals surface area contributed by atoms with Crippen molar-refractivity contribution in [2.75, 3.05) is 5.43 Å². The maximum Gasteiger partial charge on any atom is 0.152 e. The van der Waals surface area contributed by atoms with Crippen molar-refractivity contribution in [1.29, 1.82) is 0 Å². The molecule has 11 heavy (non-hydrogen) atoms. The number of nitrogen functional groups attached to an aromatic ring is 1. The van der Waals surface area contributed by atoms with E-state index in [1.54, 1.807) is 6.07 Å². The third-order valence-electron chi connectivity index (χ3n) is 1.32. The zero-order chi connectivity index (χ0) is 8.27. The Balaban J connectivity index is 3.23. The average molecular weight is 262 g/mol. The van der Waals surface area contributed by atoms with E-state index in [1.165, 1.54) is 0 Å². The molecule has 1 aromatic carbocycles. The Morgan fingerprint density at radius 2 is 2.27 bits per heavy atom. The Kier molecular flexibility index (Phi) is 2.84. The van der Waals surface area contributed by atoms with E-state index in [0.717, 1.165) is 9.86 Å². The van der Waals surface area contributed by atoms with E-state index in [9.17, 15) is 4.79 Å². The Morgan fingerprint density at radius 3 is 2.73 bits per heavy atom. The lowest BCUT2D eigenvalue weighted by Gasteiger charge is -2.04. The summed E-state index contributed by atoms with van der Waals surface area (Å²) in [5, 5.41) is 0. The molecule has 0 saturated heterocycles. The smallest absolute Gasteiger partial charge is 0.152 e. The number of nitrogens with one attached hydrogen (secondary N) is 1. The zero-order valence-corrected chi connectivity index (χ0v) is 7.83. The SMILES string of the molecule is NNc1c(I)cccc1C=O. The molecule has 1 rings (SSSR count). The summed E-state index contributed by atoms with van der Waals surface area (Å²) in [6.45, 7) is 0. The summed E-state index contributed by atoms with van der Waals surface area (Å²) in [5.41, 5.74) is 3.74. The van der Waals surface area contributed by atoms with Gasteiger partial charge in [-0.1, -0.05) is 6.07 Å². The highest BCUT2D eigenvalue weighted by molar-refractivity contribution is 14.1. The van der Waals surface area contributed by atoms with Gasteiger partial charge in [-0.15, -0.1) is 0 Å². The molecule has 0 spiro atoms. The van der Waals surface area contributed by atoms with Crippen LogP contribution in [0.3, 0.4) is 0 Å². The van der Waals surface area contributed by atoms with Gasteiger partial charge in [-0.05, 0) is 34.7 Å². The number of carbonyl (C=O) groups is 1. The second-order valence-electron chi connectivity index (χ2n) is 1.97. The number of anilines is 1. The molecule has 0 saturated carbocycles. The van der Waals surface area contributed by atoms with Crippen LogP contribution in [0.25, 0.3) is 0 Å². The fourth-order valence-electron chi connectivity index (χ4n) is 0.791. The quantitative estimate of drug-likeness (QED) is 0.366. The topological polar surface area (TPSA) is 55.1 Å². The summed E-state index contributed by atoms with van der Waals surface area (Å²) < 4.78 is 0.940. The molecule has 0 heterocycles. The van der Waals surface area contributed by atoms with Crippen LogP contribution in [0.15, 0.2) is 18.2 Å². The van der Waals surface area contributed by atoms with Crippen LogP contribution in [0, 0.1) is 3.57 Å². The maximum atomic E-state index is 10.4. The van der Waals surface area contributed by atoms with Crippen LogP contribution in [-0.2, 0) is 0 Å². The second-order valence-corrected chi connectivity index (χ2v) is 3.13. The van der Waals surface area contributed by atoms with Gasteiger partial charge in [-0.3, -0.25) is 10.6 Å². The first-order chi connectivity index (χ1) is 5.29. The molecule has 4 heteroatoms. The Labute approximate surface area is 78.1 Å². The molecule has 0 radical (unpaired) electrons. The van der Waals surface area contributed by atoms with Crippen LogP contribution in [0.5, 0.6) is 0 Å². The van der Waals surface area contributed by atoms with Crippen molar-refractivity contribution in [2.24, 2.45) is 5.84 Å². The highest BCUT2D eigenvalue weighted by atomic mass is 127. The van der Waals surface area contributed by atoms with Crippen LogP contribution in [-0.4, -0.2) is 6.29 Å². The number of hydrogen-bond acceptors (Lipinski definition) is 3. The minimum Gasteiger partial charge on any atom is -0.322 e. The fourth-order valence-corrected chi connectivity index (χ4v) is 1.47. The minimum atomic E-state index is 0.583. The molecule has 3 N–H and O–H groups in total. The van der Waals surface area contributed by atoms with Gasteiger partial charge in [-0.25, -0.2) is 0 Å². The molecule has 0 fully saturated rings. The van der Waals surface area contributed by atoms with Gasteiger partial charge in [0.1, 0.15) is 0 Å². The molecule has 3 nitrogen and oxygen atoms in total. The number of benzene rings is 1. The van der Waals surface area contributed by atoms with Crippen LogP contribution < -0.4 is 11.3 Å². The predicted molar refractivity (Wildman–Crippen MR) is 52.4 cm³/mol. The molecule has 0 amide bonds.